The molecular weight excluding hydrogens is 419 g/mol. The maximum atomic E-state index is 13.0. The Hall–Kier alpha value is -4.28. The molecule has 164 valence electrons. The summed E-state index contributed by atoms with van der Waals surface area (Å²) in [5, 5.41) is 2.67. The minimum Gasteiger partial charge on any atom is -0.439 e. The molecule has 0 aliphatic heterocycles. The normalized spacial score (nSPS) is 11.0. The second-order valence-corrected chi connectivity index (χ2v) is 7.10. The smallest absolute Gasteiger partial charge is 0.332 e. The molecule has 1 amide bonds. The fourth-order valence-corrected chi connectivity index (χ4v) is 3.18. The van der Waals surface area contributed by atoms with E-state index in [1.54, 1.807) is 19.2 Å². The number of benzene rings is 1. The van der Waals surface area contributed by atoms with Gasteiger partial charge in [0.1, 0.15) is 18.1 Å². The molecule has 0 aliphatic carbocycles. The highest BCUT2D eigenvalue weighted by Gasteiger charge is 2.17. The van der Waals surface area contributed by atoms with E-state index in [1.165, 1.54) is 53.0 Å². The van der Waals surface area contributed by atoms with Crippen molar-refractivity contribution in [3.05, 3.63) is 81.1 Å². The third kappa shape index (κ3) is 4.13. The number of pyridine rings is 1. The molecule has 1 aromatic carbocycles. The number of hydrogen-bond donors (Lipinski definition) is 1. The van der Waals surface area contributed by atoms with E-state index in [4.69, 9.17) is 4.74 Å². The van der Waals surface area contributed by atoms with E-state index in [-0.39, 0.29) is 29.4 Å². The van der Waals surface area contributed by atoms with E-state index >= 15 is 0 Å². The Morgan fingerprint density at radius 1 is 1.12 bits per heavy atom. The van der Waals surface area contributed by atoms with E-state index in [9.17, 15) is 18.8 Å². The van der Waals surface area contributed by atoms with Gasteiger partial charge < -0.3 is 14.6 Å². The third-order valence-corrected chi connectivity index (χ3v) is 4.83. The Bertz CT molecular complexity index is 1420. The number of rotatable bonds is 6. The van der Waals surface area contributed by atoms with Crippen LogP contribution in [0.4, 0.5) is 4.39 Å². The lowest BCUT2D eigenvalue weighted by atomic mass is 10.2. The molecule has 0 bridgehead atoms. The zero-order valence-corrected chi connectivity index (χ0v) is 17.3. The lowest BCUT2D eigenvalue weighted by Crippen LogP contribution is -2.43. The van der Waals surface area contributed by atoms with E-state index in [0.29, 0.717) is 11.3 Å². The zero-order valence-electron chi connectivity index (χ0n) is 17.3. The Balaban J connectivity index is 1.46. The topological polar surface area (TPSA) is 113 Å². The Morgan fingerprint density at radius 3 is 2.62 bits per heavy atom. The van der Waals surface area contributed by atoms with Crippen LogP contribution in [0.25, 0.3) is 11.2 Å². The molecule has 0 saturated carbocycles. The summed E-state index contributed by atoms with van der Waals surface area (Å²) >= 11 is 0. The van der Waals surface area contributed by atoms with Crippen LogP contribution >= 0.6 is 0 Å². The number of carbonyl (C=O) groups excluding carboxylic acids is 1. The first-order valence-corrected chi connectivity index (χ1v) is 9.59. The standard InChI is InChI=1S/C21H19FN6O4/c1-26-12-25-19-18(26)20(30)28(21(31)27(19)2)11-16(29)24-10-13-7-8-23-17(9-13)32-15-5-3-14(22)4-6-15/h3-9,12H,10-11H2,1-2H3,(H,24,29). The van der Waals surface area contributed by atoms with Crippen LogP contribution < -0.4 is 21.3 Å². The van der Waals surface area contributed by atoms with Gasteiger partial charge in [0.2, 0.25) is 11.8 Å². The van der Waals surface area contributed by atoms with Crippen molar-refractivity contribution >= 4 is 17.1 Å². The number of ether oxygens (including phenoxy) is 1. The Labute approximate surface area is 180 Å². The van der Waals surface area contributed by atoms with Crippen molar-refractivity contribution in [2.75, 3.05) is 0 Å². The summed E-state index contributed by atoms with van der Waals surface area (Å²) in [6.07, 6.45) is 2.95. The minimum absolute atomic E-state index is 0.129. The van der Waals surface area contributed by atoms with Gasteiger partial charge in [-0.25, -0.2) is 23.7 Å². The van der Waals surface area contributed by atoms with Crippen LogP contribution in [0.3, 0.4) is 0 Å². The van der Waals surface area contributed by atoms with Crippen molar-refractivity contribution in [1.82, 2.24) is 29.0 Å². The highest BCUT2D eigenvalue weighted by Crippen LogP contribution is 2.20. The molecule has 10 nitrogen and oxygen atoms in total. The first kappa shape index (κ1) is 21.0. The molecule has 4 rings (SSSR count). The molecule has 0 aliphatic rings. The van der Waals surface area contributed by atoms with Crippen LogP contribution in [-0.4, -0.2) is 29.6 Å². The highest BCUT2D eigenvalue weighted by atomic mass is 19.1. The molecule has 0 atom stereocenters. The number of fused-ring (bicyclic) bond motifs is 1. The number of aryl methyl sites for hydroxylation is 2. The molecule has 0 fully saturated rings. The lowest BCUT2D eigenvalue weighted by Gasteiger charge is -2.10. The first-order chi connectivity index (χ1) is 15.3. The fourth-order valence-electron chi connectivity index (χ4n) is 3.18. The van der Waals surface area contributed by atoms with E-state index < -0.39 is 23.7 Å². The summed E-state index contributed by atoms with van der Waals surface area (Å²) in [6, 6.07) is 8.80. The van der Waals surface area contributed by atoms with Crippen LogP contribution in [0.2, 0.25) is 0 Å². The summed E-state index contributed by atoms with van der Waals surface area (Å²) in [5.74, 6) is -0.197. The molecule has 0 saturated heterocycles. The molecule has 32 heavy (non-hydrogen) atoms. The van der Waals surface area contributed by atoms with Crippen molar-refractivity contribution in [3.8, 4) is 11.6 Å². The van der Waals surface area contributed by atoms with Crippen LogP contribution in [0.5, 0.6) is 11.6 Å². The summed E-state index contributed by atoms with van der Waals surface area (Å²) in [6.45, 7) is -0.305. The number of aromatic nitrogens is 5. The minimum atomic E-state index is -0.629. The van der Waals surface area contributed by atoms with Gasteiger partial charge >= 0.3 is 5.69 Å². The highest BCUT2D eigenvalue weighted by molar-refractivity contribution is 5.76. The van der Waals surface area contributed by atoms with Gasteiger partial charge in [-0.3, -0.25) is 14.2 Å². The maximum absolute atomic E-state index is 13.0. The number of imidazole rings is 1. The van der Waals surface area contributed by atoms with Crippen molar-refractivity contribution in [1.29, 1.82) is 0 Å². The quantitative estimate of drug-likeness (QED) is 0.482. The van der Waals surface area contributed by atoms with Gasteiger partial charge in [-0.05, 0) is 35.9 Å². The van der Waals surface area contributed by atoms with Gasteiger partial charge in [0.05, 0.1) is 6.33 Å². The molecule has 1 N–H and O–H groups in total. The maximum Gasteiger partial charge on any atom is 0.332 e. The number of halogens is 1. The van der Waals surface area contributed by atoms with Crippen molar-refractivity contribution in [2.45, 2.75) is 13.1 Å². The van der Waals surface area contributed by atoms with Crippen LogP contribution in [0.1, 0.15) is 5.56 Å². The summed E-state index contributed by atoms with van der Waals surface area (Å²) in [5.41, 5.74) is -0.0403. The van der Waals surface area contributed by atoms with Crippen LogP contribution in [0, 0.1) is 5.82 Å². The van der Waals surface area contributed by atoms with Crippen molar-refractivity contribution in [3.63, 3.8) is 0 Å². The summed E-state index contributed by atoms with van der Waals surface area (Å²) in [4.78, 5) is 45.8. The monoisotopic (exact) mass is 438 g/mol. The SMILES string of the molecule is Cn1cnc2c1c(=O)n(CC(=O)NCc1ccnc(Oc3ccc(F)cc3)c1)c(=O)n2C. The molecule has 11 heteroatoms. The molecule has 0 spiro atoms. The molecule has 0 unspecified atom stereocenters. The molecule has 4 aromatic rings. The van der Waals surface area contributed by atoms with Crippen LogP contribution in [0.15, 0.2) is 58.5 Å². The van der Waals surface area contributed by atoms with E-state index in [0.717, 1.165) is 4.57 Å². The summed E-state index contributed by atoms with van der Waals surface area (Å²) < 4.78 is 22.2. The van der Waals surface area contributed by atoms with Crippen LogP contribution in [-0.2, 0) is 32.0 Å². The van der Waals surface area contributed by atoms with Gasteiger partial charge in [-0.1, -0.05) is 0 Å². The van der Waals surface area contributed by atoms with Gasteiger partial charge in [-0.2, -0.15) is 0 Å². The first-order valence-electron chi connectivity index (χ1n) is 9.59. The molecule has 3 heterocycles. The number of amides is 1. The second-order valence-electron chi connectivity index (χ2n) is 7.10. The Kier molecular flexibility index (Phi) is 5.54. The third-order valence-electron chi connectivity index (χ3n) is 4.83. The number of nitrogens with one attached hydrogen (secondary N) is 1. The zero-order chi connectivity index (χ0) is 22.8. The van der Waals surface area contributed by atoms with Gasteiger partial charge in [0, 0.05) is 32.9 Å². The van der Waals surface area contributed by atoms with Gasteiger partial charge in [-0.15, -0.1) is 0 Å². The average molecular weight is 438 g/mol. The number of carbonyl (C=O) groups is 1. The molecular formula is C21H19FN6O4. The van der Waals surface area contributed by atoms with E-state index in [2.05, 4.69) is 15.3 Å². The van der Waals surface area contributed by atoms with Gasteiger partial charge in [0.15, 0.2) is 11.2 Å². The predicted molar refractivity (Wildman–Crippen MR) is 113 cm³/mol. The van der Waals surface area contributed by atoms with E-state index in [1.807, 2.05) is 0 Å². The fraction of sp³-hybridized carbons (Fsp3) is 0.190. The number of nitrogens with zero attached hydrogens (tertiary/aromatic N) is 5. The van der Waals surface area contributed by atoms with Crippen molar-refractivity contribution < 1.29 is 13.9 Å². The van der Waals surface area contributed by atoms with Crippen molar-refractivity contribution in [2.24, 2.45) is 14.1 Å². The molecule has 0 radical (unpaired) electrons. The number of hydrogen-bond acceptors (Lipinski definition) is 6. The predicted octanol–water partition coefficient (Wildman–Crippen LogP) is 1.08. The van der Waals surface area contributed by atoms with Gasteiger partial charge in [0.25, 0.3) is 5.56 Å². The lowest BCUT2D eigenvalue weighted by molar-refractivity contribution is -0.121. The second kappa shape index (κ2) is 8.46. The molecule has 3 aromatic heterocycles. The average Bonchev–Trinajstić information content (AvgIpc) is 3.17. The largest absolute Gasteiger partial charge is 0.439 e. The Morgan fingerprint density at radius 2 is 1.88 bits per heavy atom. The summed E-state index contributed by atoms with van der Waals surface area (Å²) in [7, 11) is 3.13.